The highest BCUT2D eigenvalue weighted by atomic mass is 35.5. The normalized spacial score (nSPS) is 21.1. The standard InChI is InChI=1S/C40H49ClN2/c1-9-11-24-42-34-20-16-28(3)26-32(34)39(5,6)36(42)22-18-30-14-13-15-31(38(30)41)19-23-37-40(7,8)33-27-29(4)17-21-35(33)43(37)25-12-10-2/h16-23,26-27H,1-3,9-15,24-25H2,4-8H3/q-2. The first-order valence-electron chi connectivity index (χ1n) is 16.1. The van der Waals surface area contributed by atoms with Crippen molar-refractivity contribution in [3.05, 3.63) is 130 Å². The molecule has 43 heavy (non-hydrogen) atoms. The molecule has 0 saturated carbocycles. The number of hydrogen-bond acceptors (Lipinski definition) is 1. The molecule has 2 heterocycles. The zero-order valence-corrected chi connectivity index (χ0v) is 27.8. The van der Waals surface area contributed by atoms with Crippen molar-refractivity contribution in [2.45, 2.75) is 90.4 Å². The van der Waals surface area contributed by atoms with Crippen LogP contribution in [0.1, 0.15) is 89.3 Å². The Kier molecular flexibility index (Phi) is 9.19. The summed E-state index contributed by atoms with van der Waals surface area (Å²) in [5.41, 5.74) is 9.01. The lowest BCUT2D eigenvalue weighted by molar-refractivity contribution is 0.486. The fourth-order valence-electron chi connectivity index (χ4n) is 7.10. The van der Waals surface area contributed by atoms with Gasteiger partial charge in [0.1, 0.15) is 11.9 Å². The van der Waals surface area contributed by atoms with Crippen molar-refractivity contribution >= 4 is 23.9 Å². The molecule has 0 bridgehead atoms. The Morgan fingerprint density at radius 2 is 1.77 bits per heavy atom. The smallest absolute Gasteiger partial charge is 0.124 e. The van der Waals surface area contributed by atoms with Crippen molar-refractivity contribution in [1.82, 2.24) is 4.58 Å². The molecule has 2 nitrogen and oxygen atoms in total. The molecule has 0 N–H and O–H groups in total. The minimum Gasteiger partial charge on any atom is -0.344 e. The molecule has 2 aromatic rings. The van der Waals surface area contributed by atoms with Crippen molar-refractivity contribution in [2.75, 3.05) is 18.0 Å². The summed E-state index contributed by atoms with van der Waals surface area (Å²) in [5.74, 6) is 0. The first-order valence-corrected chi connectivity index (χ1v) is 16.5. The Morgan fingerprint density at radius 1 is 1.00 bits per heavy atom. The summed E-state index contributed by atoms with van der Waals surface area (Å²) in [7, 11) is 0. The third kappa shape index (κ3) is 5.93. The lowest BCUT2D eigenvalue weighted by Gasteiger charge is -2.29. The van der Waals surface area contributed by atoms with E-state index in [4.69, 9.17) is 11.6 Å². The molecule has 1 aliphatic carbocycles. The number of hydrogen-bond donors (Lipinski definition) is 0. The number of allylic oxidation sites excluding steroid dienone is 7. The summed E-state index contributed by atoms with van der Waals surface area (Å²) in [6.07, 6.45) is 16.3. The van der Waals surface area contributed by atoms with Crippen LogP contribution in [0, 0.1) is 26.8 Å². The second kappa shape index (κ2) is 12.6. The molecule has 228 valence electrons. The van der Waals surface area contributed by atoms with Gasteiger partial charge >= 0.3 is 0 Å². The van der Waals surface area contributed by atoms with Crippen molar-refractivity contribution in [3.8, 4) is 0 Å². The van der Waals surface area contributed by atoms with Crippen molar-refractivity contribution < 1.29 is 0 Å². The van der Waals surface area contributed by atoms with Crippen LogP contribution < -0.4 is 20.1 Å². The molecule has 0 unspecified atom stereocenters. The predicted molar refractivity (Wildman–Crippen MR) is 186 cm³/mol. The van der Waals surface area contributed by atoms with E-state index < -0.39 is 0 Å². The minimum absolute atomic E-state index is 0.0712. The van der Waals surface area contributed by atoms with Crippen LogP contribution in [-0.2, 0) is 10.8 Å². The van der Waals surface area contributed by atoms with Gasteiger partial charge in [0.15, 0.2) is 0 Å². The number of benzene rings is 2. The molecular weight excluding hydrogens is 544 g/mol. The number of nitrogens with zero attached hydrogens (tertiary/aromatic N) is 2. The number of fused-ring (bicyclic) bond motifs is 2. The number of unbranched alkanes of at least 4 members (excludes halogenated alkanes) is 2. The molecule has 0 fully saturated rings. The van der Waals surface area contributed by atoms with Gasteiger partial charge in [-0.1, -0.05) is 93.8 Å². The number of aryl methyl sites for hydroxylation is 1. The van der Waals surface area contributed by atoms with Crippen molar-refractivity contribution in [3.63, 3.8) is 0 Å². The van der Waals surface area contributed by atoms with E-state index in [9.17, 15) is 0 Å². The van der Waals surface area contributed by atoms with E-state index in [2.05, 4.69) is 125 Å². The van der Waals surface area contributed by atoms with Crippen LogP contribution in [0.15, 0.2) is 82.6 Å². The first-order chi connectivity index (χ1) is 20.5. The molecule has 2 aromatic carbocycles. The highest BCUT2D eigenvalue weighted by Gasteiger charge is 2.40. The van der Waals surface area contributed by atoms with Gasteiger partial charge in [-0.2, -0.15) is 12.8 Å². The Hall–Kier alpha value is -2.97. The van der Waals surface area contributed by atoms with Crippen LogP contribution in [0.3, 0.4) is 0 Å². The van der Waals surface area contributed by atoms with Gasteiger partial charge in [0.05, 0.1) is 6.04 Å². The van der Waals surface area contributed by atoms with E-state index in [-0.39, 0.29) is 10.8 Å². The third-order valence-electron chi connectivity index (χ3n) is 9.61. The summed E-state index contributed by atoms with van der Waals surface area (Å²) in [5, 5.41) is 3.26. The zero-order valence-electron chi connectivity index (χ0n) is 27.0. The Balaban J connectivity index is 1.48. The number of halogens is 1. The third-order valence-corrected chi connectivity index (χ3v) is 10.1. The summed E-state index contributed by atoms with van der Waals surface area (Å²) >= 11 is 7.19. The predicted octanol–water partition coefficient (Wildman–Crippen LogP) is 8.79. The largest absolute Gasteiger partial charge is 0.344 e. The molecule has 3 heteroatoms. The quantitative estimate of drug-likeness (QED) is 0.208. The molecule has 2 aliphatic heterocycles. The lowest BCUT2D eigenvalue weighted by atomic mass is 9.79. The fraction of sp³-hybridized carbons (Fsp3) is 0.400. The SMILES string of the molecule is C=c1ccc2c(c1)C(C)(C)[C-](C=CC1=C(Cl)C(=CC=C3N(CCC[CH2-])c4ccc(C)cc4C3(C)C)CCC1)[N+]=2CCC[CH2-]. The highest BCUT2D eigenvalue weighted by molar-refractivity contribution is 6.32. The number of rotatable bonds is 9. The minimum atomic E-state index is -0.107. The maximum Gasteiger partial charge on any atom is 0.124 e. The van der Waals surface area contributed by atoms with Gasteiger partial charge in [-0.3, -0.25) is 0 Å². The van der Waals surface area contributed by atoms with Gasteiger partial charge < -0.3 is 23.3 Å². The Morgan fingerprint density at radius 3 is 2.51 bits per heavy atom. The average molecular weight is 593 g/mol. The second-order valence-electron chi connectivity index (χ2n) is 13.5. The van der Waals surface area contributed by atoms with Gasteiger partial charge in [-0.05, 0) is 72.7 Å². The molecule has 0 atom stereocenters. The molecule has 0 aromatic heterocycles. The molecular formula is C40H49ClN2-2. The summed E-state index contributed by atoms with van der Waals surface area (Å²) < 4.78 is 2.48. The van der Waals surface area contributed by atoms with E-state index in [1.807, 2.05) is 0 Å². The molecule has 0 spiro atoms. The fourth-order valence-corrected chi connectivity index (χ4v) is 7.42. The summed E-state index contributed by atoms with van der Waals surface area (Å²) in [6.45, 7) is 25.9. The maximum absolute atomic E-state index is 7.19. The van der Waals surface area contributed by atoms with Crippen molar-refractivity contribution in [1.29, 1.82) is 0 Å². The van der Waals surface area contributed by atoms with Gasteiger partial charge in [-0.15, -0.1) is 12.2 Å². The Labute approximate surface area is 265 Å². The van der Waals surface area contributed by atoms with Crippen LogP contribution in [-0.4, -0.2) is 13.1 Å². The molecule has 3 aliphatic rings. The van der Waals surface area contributed by atoms with E-state index in [0.29, 0.717) is 0 Å². The molecule has 5 rings (SSSR count). The first kappa shape index (κ1) is 31.5. The van der Waals surface area contributed by atoms with E-state index in [1.165, 1.54) is 50.6 Å². The summed E-state index contributed by atoms with van der Waals surface area (Å²) in [4.78, 5) is 2.51. The van der Waals surface area contributed by atoms with E-state index in [1.54, 1.807) is 0 Å². The summed E-state index contributed by atoms with van der Waals surface area (Å²) in [6, 6.07) is 14.8. The van der Waals surface area contributed by atoms with Gasteiger partial charge in [0, 0.05) is 33.8 Å². The zero-order chi connectivity index (χ0) is 30.9. The van der Waals surface area contributed by atoms with Crippen LogP contribution in [0.2, 0.25) is 0 Å². The van der Waals surface area contributed by atoms with Gasteiger partial charge in [-0.25, -0.2) is 0 Å². The maximum atomic E-state index is 7.19. The van der Waals surface area contributed by atoms with Crippen molar-refractivity contribution in [2.24, 2.45) is 0 Å². The Bertz CT molecular complexity index is 1610. The molecule has 0 amide bonds. The van der Waals surface area contributed by atoms with Crippen LogP contribution in [0.25, 0.3) is 6.58 Å². The van der Waals surface area contributed by atoms with Crippen LogP contribution in [0.4, 0.5) is 5.69 Å². The lowest BCUT2D eigenvalue weighted by Crippen LogP contribution is -2.32. The van der Waals surface area contributed by atoms with Gasteiger partial charge in [0.25, 0.3) is 0 Å². The van der Waals surface area contributed by atoms with Crippen LogP contribution >= 0.6 is 11.6 Å². The second-order valence-corrected chi connectivity index (χ2v) is 13.9. The molecule has 0 saturated heterocycles. The monoisotopic (exact) mass is 592 g/mol. The average Bonchev–Trinajstić information content (AvgIpc) is 3.31. The number of anilines is 1. The topological polar surface area (TPSA) is 6.25 Å². The highest BCUT2D eigenvalue weighted by Crippen LogP contribution is 2.48. The van der Waals surface area contributed by atoms with Gasteiger partial charge in [0.2, 0.25) is 0 Å². The van der Waals surface area contributed by atoms with Crippen LogP contribution in [0.5, 0.6) is 0 Å². The van der Waals surface area contributed by atoms with E-state index >= 15 is 0 Å². The molecule has 0 radical (unpaired) electrons. The van der Waals surface area contributed by atoms with E-state index in [0.717, 1.165) is 68.3 Å².